The zero-order valence-electron chi connectivity index (χ0n) is 28.2. The van der Waals surface area contributed by atoms with Crippen molar-refractivity contribution >= 4 is 87.5 Å². The van der Waals surface area contributed by atoms with E-state index in [1.165, 1.54) is 43.8 Å². The van der Waals surface area contributed by atoms with E-state index in [0.29, 0.717) is 0 Å². The monoisotopic (exact) mass is 730 g/mol. The van der Waals surface area contributed by atoms with Gasteiger partial charge in [0.15, 0.2) is 5.58 Å². The van der Waals surface area contributed by atoms with E-state index in [0.717, 1.165) is 73.1 Å². The molecule has 52 heavy (non-hydrogen) atoms. The highest BCUT2D eigenvalue weighted by Crippen LogP contribution is 2.47. The molecule has 0 spiro atoms. The molecular weight excluding hydrogens is 700 g/mol. The van der Waals surface area contributed by atoms with Crippen LogP contribution < -0.4 is 4.90 Å². The molecule has 0 atom stereocenters. The number of aromatic nitrogens is 1. The summed E-state index contributed by atoms with van der Waals surface area (Å²) in [5.41, 5.74) is 13.5. The minimum Gasteiger partial charge on any atom is -0.453 e. The average molecular weight is 732 g/mol. The number of rotatable bonds is 5. The fourth-order valence-corrected chi connectivity index (χ4v) is 9.21. The molecule has 0 N–H and O–H groups in total. The molecule has 0 amide bonds. The number of hydrogen-bond acceptors (Lipinski definition) is 2. The summed E-state index contributed by atoms with van der Waals surface area (Å²) in [4.78, 5) is 2.34. The van der Waals surface area contributed by atoms with Crippen LogP contribution >= 0.6 is 15.9 Å². The van der Waals surface area contributed by atoms with Gasteiger partial charge in [-0.1, -0.05) is 125 Å². The molecule has 2 aromatic heterocycles. The first-order valence-corrected chi connectivity index (χ1v) is 18.6. The lowest BCUT2D eigenvalue weighted by Gasteiger charge is -2.25. The molecule has 1 aliphatic rings. The highest BCUT2D eigenvalue weighted by molar-refractivity contribution is 9.10. The molecule has 0 unspecified atom stereocenters. The van der Waals surface area contributed by atoms with Crippen molar-refractivity contribution in [3.05, 3.63) is 179 Å². The fourth-order valence-electron chi connectivity index (χ4n) is 8.66. The largest absolute Gasteiger partial charge is 0.453 e. The lowest BCUT2D eigenvalue weighted by atomic mass is 9.94. The summed E-state index contributed by atoms with van der Waals surface area (Å²) < 4.78 is 10.6. The van der Waals surface area contributed by atoms with E-state index in [1.807, 2.05) is 0 Å². The van der Waals surface area contributed by atoms with Crippen LogP contribution in [0.3, 0.4) is 0 Å². The van der Waals surface area contributed by atoms with Gasteiger partial charge in [0.1, 0.15) is 5.58 Å². The van der Waals surface area contributed by atoms with Crippen molar-refractivity contribution in [3.8, 4) is 16.8 Å². The van der Waals surface area contributed by atoms with E-state index in [-0.39, 0.29) is 0 Å². The van der Waals surface area contributed by atoms with Crippen molar-refractivity contribution in [2.75, 3.05) is 4.90 Å². The zero-order valence-corrected chi connectivity index (χ0v) is 29.8. The zero-order chi connectivity index (χ0) is 34.3. The molecule has 0 fully saturated rings. The van der Waals surface area contributed by atoms with E-state index in [2.05, 4.69) is 189 Å². The van der Waals surface area contributed by atoms with Crippen LogP contribution in [-0.2, 0) is 12.8 Å². The van der Waals surface area contributed by atoms with Gasteiger partial charge in [-0.2, -0.15) is 0 Å². The van der Waals surface area contributed by atoms with Crippen LogP contribution in [0, 0.1) is 0 Å². The number of nitrogens with zero attached hydrogens (tertiary/aromatic N) is 2. The summed E-state index contributed by atoms with van der Waals surface area (Å²) in [6.07, 6.45) is 2.18. The number of halogens is 1. The Bertz CT molecular complexity index is 3020. The quantitative estimate of drug-likeness (QED) is 0.176. The Hall–Kier alpha value is -6.10. The SMILES string of the molecule is Brc1ccc2c3c(ccc(-c4cccc5c4oc4c(N(c6ccccc6)c6ccc7c8ccccc8n(-c8ccccc8)c7c6)cccc45)c13)CC2. The minimum atomic E-state index is 0.863. The van der Waals surface area contributed by atoms with Crippen molar-refractivity contribution in [3.63, 3.8) is 0 Å². The molecule has 11 rings (SSSR count). The molecule has 0 radical (unpaired) electrons. The van der Waals surface area contributed by atoms with Gasteiger partial charge in [-0.15, -0.1) is 0 Å². The molecule has 1 aliphatic carbocycles. The van der Waals surface area contributed by atoms with E-state index >= 15 is 0 Å². The molecule has 8 aromatic carbocycles. The molecule has 4 heteroatoms. The van der Waals surface area contributed by atoms with Crippen LogP contribution in [0.15, 0.2) is 173 Å². The Labute approximate surface area is 309 Å². The van der Waals surface area contributed by atoms with Crippen LogP contribution in [0.25, 0.3) is 71.3 Å². The van der Waals surface area contributed by atoms with Crippen molar-refractivity contribution in [2.45, 2.75) is 12.8 Å². The Morgan fingerprint density at radius 1 is 0.481 bits per heavy atom. The first-order valence-electron chi connectivity index (χ1n) is 17.8. The Kier molecular flexibility index (Phi) is 6.53. The van der Waals surface area contributed by atoms with Crippen molar-refractivity contribution in [2.24, 2.45) is 0 Å². The predicted octanol–water partition coefficient (Wildman–Crippen LogP) is 13.8. The number of benzene rings is 8. The Morgan fingerprint density at radius 3 is 1.98 bits per heavy atom. The molecule has 3 nitrogen and oxygen atoms in total. The van der Waals surface area contributed by atoms with E-state index < -0.39 is 0 Å². The second-order valence-electron chi connectivity index (χ2n) is 13.7. The van der Waals surface area contributed by atoms with Gasteiger partial charge >= 0.3 is 0 Å². The van der Waals surface area contributed by atoms with Crippen molar-refractivity contribution in [1.82, 2.24) is 4.57 Å². The second-order valence-corrected chi connectivity index (χ2v) is 14.6. The maximum Gasteiger partial charge on any atom is 0.159 e. The smallest absolute Gasteiger partial charge is 0.159 e. The first-order chi connectivity index (χ1) is 25.7. The number of aryl methyl sites for hydroxylation is 2. The molecule has 0 saturated heterocycles. The number of para-hydroxylation sites is 5. The summed E-state index contributed by atoms with van der Waals surface area (Å²) in [6.45, 7) is 0. The number of hydrogen-bond donors (Lipinski definition) is 0. The van der Waals surface area contributed by atoms with Crippen LogP contribution in [0.5, 0.6) is 0 Å². The van der Waals surface area contributed by atoms with Gasteiger partial charge in [0.05, 0.1) is 16.7 Å². The van der Waals surface area contributed by atoms with Gasteiger partial charge < -0.3 is 13.9 Å². The fraction of sp³-hybridized carbons (Fsp3) is 0.0417. The normalized spacial score (nSPS) is 12.6. The van der Waals surface area contributed by atoms with E-state index in [1.54, 1.807) is 0 Å². The second kappa shape index (κ2) is 11.5. The molecule has 0 aliphatic heterocycles. The topological polar surface area (TPSA) is 21.3 Å². The van der Waals surface area contributed by atoms with Crippen LogP contribution in [0.4, 0.5) is 17.1 Å². The van der Waals surface area contributed by atoms with Gasteiger partial charge in [-0.3, -0.25) is 0 Å². The molecule has 10 aromatic rings. The van der Waals surface area contributed by atoms with Crippen molar-refractivity contribution in [1.29, 1.82) is 0 Å². The predicted molar refractivity (Wildman–Crippen MR) is 221 cm³/mol. The molecular formula is C48H31BrN2O. The summed E-state index contributed by atoms with van der Waals surface area (Å²) >= 11 is 3.93. The highest BCUT2D eigenvalue weighted by Gasteiger charge is 2.24. The van der Waals surface area contributed by atoms with Crippen LogP contribution in [0.2, 0.25) is 0 Å². The van der Waals surface area contributed by atoms with Crippen molar-refractivity contribution < 1.29 is 4.42 Å². The third-order valence-electron chi connectivity index (χ3n) is 10.9. The lowest BCUT2D eigenvalue weighted by Crippen LogP contribution is -2.10. The summed E-state index contributed by atoms with van der Waals surface area (Å²) in [5.74, 6) is 0. The minimum absolute atomic E-state index is 0.863. The number of furan rings is 1. The number of fused-ring (bicyclic) bond motifs is 6. The summed E-state index contributed by atoms with van der Waals surface area (Å²) in [5, 5.41) is 7.33. The van der Waals surface area contributed by atoms with Gasteiger partial charge in [0.2, 0.25) is 0 Å². The standard InChI is InChI=1S/C48H31BrN2O/c49-41-28-24-31-22-21-30-23-26-37(46(41)45(30)31)38-16-9-17-39-40-18-10-20-43(48(40)52-47(38)39)50(32-11-3-1-4-12-32)34-25-27-36-35-15-7-8-19-42(35)51(44(36)29-34)33-13-5-2-6-14-33/h1-20,23-29H,21-22H2. The molecule has 2 heterocycles. The van der Waals surface area contributed by atoms with Gasteiger partial charge in [-0.25, -0.2) is 0 Å². The molecule has 0 saturated carbocycles. The summed E-state index contributed by atoms with van der Waals surface area (Å²) in [6, 6.07) is 59.0. The van der Waals surface area contributed by atoms with E-state index in [9.17, 15) is 0 Å². The average Bonchev–Trinajstić information content (AvgIpc) is 3.90. The molecule has 246 valence electrons. The van der Waals surface area contributed by atoms with Crippen LogP contribution in [0.1, 0.15) is 11.1 Å². The lowest BCUT2D eigenvalue weighted by molar-refractivity contribution is 0.670. The summed E-state index contributed by atoms with van der Waals surface area (Å²) in [7, 11) is 0. The maximum absolute atomic E-state index is 7.12. The van der Waals surface area contributed by atoms with Crippen LogP contribution in [-0.4, -0.2) is 4.57 Å². The maximum atomic E-state index is 7.12. The van der Waals surface area contributed by atoms with Gasteiger partial charge in [0.25, 0.3) is 0 Å². The third-order valence-corrected chi connectivity index (χ3v) is 11.6. The van der Waals surface area contributed by atoms with Gasteiger partial charge in [0, 0.05) is 54.0 Å². The highest BCUT2D eigenvalue weighted by atomic mass is 79.9. The number of anilines is 3. The Morgan fingerprint density at radius 2 is 1.15 bits per heavy atom. The van der Waals surface area contributed by atoms with E-state index in [4.69, 9.17) is 4.42 Å². The molecule has 0 bridgehead atoms. The van der Waals surface area contributed by atoms with Gasteiger partial charge in [-0.05, 0) is 89.5 Å². The first kappa shape index (κ1) is 29.6. The Balaban J connectivity index is 1.17. The third kappa shape index (κ3) is 4.31.